The molecule has 1 aromatic rings. The largest absolute Gasteiger partial charge is 0.383 e. The van der Waals surface area contributed by atoms with Crippen molar-refractivity contribution in [3.05, 3.63) is 34.3 Å². The zero-order valence-electron chi connectivity index (χ0n) is 9.94. The van der Waals surface area contributed by atoms with Crippen molar-refractivity contribution in [1.29, 1.82) is 0 Å². The summed E-state index contributed by atoms with van der Waals surface area (Å²) in [5, 5.41) is 2.84. The molecule has 0 aliphatic rings. The quantitative estimate of drug-likeness (QED) is 0.868. The SMILES string of the molecule is COCC(N)C(=O)N[C@H](C)c1cccc(Br)c1. The average Bonchev–Trinajstić information content (AvgIpc) is 2.29. The molecule has 1 rings (SSSR count). The molecule has 1 aromatic carbocycles. The second-order valence-corrected chi connectivity index (χ2v) is 4.76. The van der Waals surface area contributed by atoms with Crippen molar-refractivity contribution in [3.8, 4) is 0 Å². The molecule has 1 amide bonds. The van der Waals surface area contributed by atoms with Gasteiger partial charge in [0.15, 0.2) is 0 Å². The molecule has 0 radical (unpaired) electrons. The molecule has 1 unspecified atom stereocenters. The average molecular weight is 301 g/mol. The molecule has 0 aliphatic carbocycles. The number of carbonyl (C=O) groups excluding carboxylic acids is 1. The molecule has 94 valence electrons. The lowest BCUT2D eigenvalue weighted by molar-refractivity contribution is -0.124. The summed E-state index contributed by atoms with van der Waals surface area (Å²) in [5.41, 5.74) is 6.66. The summed E-state index contributed by atoms with van der Waals surface area (Å²) in [5.74, 6) is -0.209. The predicted octanol–water partition coefficient (Wildman–Crippen LogP) is 1.60. The summed E-state index contributed by atoms with van der Waals surface area (Å²) in [7, 11) is 1.52. The van der Waals surface area contributed by atoms with Crippen LogP contribution in [-0.2, 0) is 9.53 Å². The van der Waals surface area contributed by atoms with Gasteiger partial charge in [0.25, 0.3) is 0 Å². The molecule has 0 bridgehead atoms. The number of ether oxygens (including phenoxy) is 1. The highest BCUT2D eigenvalue weighted by atomic mass is 79.9. The molecule has 3 N–H and O–H groups in total. The van der Waals surface area contributed by atoms with Crippen LogP contribution in [0.5, 0.6) is 0 Å². The molecule has 0 saturated carbocycles. The number of hydrogen-bond acceptors (Lipinski definition) is 3. The smallest absolute Gasteiger partial charge is 0.239 e. The second-order valence-electron chi connectivity index (χ2n) is 3.85. The summed E-state index contributed by atoms with van der Waals surface area (Å²) in [6, 6.07) is 7.08. The fourth-order valence-electron chi connectivity index (χ4n) is 1.43. The van der Waals surface area contributed by atoms with Crippen molar-refractivity contribution >= 4 is 21.8 Å². The van der Waals surface area contributed by atoms with Crippen LogP contribution in [0.2, 0.25) is 0 Å². The third-order valence-corrected chi connectivity index (χ3v) is 2.88. The number of nitrogens with two attached hydrogens (primary N) is 1. The Kier molecular flexibility index (Phi) is 5.61. The van der Waals surface area contributed by atoms with Crippen LogP contribution in [0.15, 0.2) is 28.7 Å². The van der Waals surface area contributed by atoms with E-state index in [1.807, 2.05) is 31.2 Å². The van der Waals surface area contributed by atoms with Gasteiger partial charge in [0, 0.05) is 11.6 Å². The minimum Gasteiger partial charge on any atom is -0.383 e. The highest BCUT2D eigenvalue weighted by Gasteiger charge is 2.16. The Labute approximate surface area is 110 Å². The van der Waals surface area contributed by atoms with Gasteiger partial charge >= 0.3 is 0 Å². The lowest BCUT2D eigenvalue weighted by Crippen LogP contribution is -2.44. The van der Waals surface area contributed by atoms with Gasteiger partial charge in [-0.05, 0) is 24.6 Å². The van der Waals surface area contributed by atoms with Crippen LogP contribution in [0.1, 0.15) is 18.5 Å². The van der Waals surface area contributed by atoms with Gasteiger partial charge in [-0.1, -0.05) is 28.1 Å². The standard InChI is InChI=1S/C12H17BrN2O2/c1-8(9-4-3-5-10(13)6-9)15-12(16)11(14)7-17-2/h3-6,8,11H,7,14H2,1-2H3,(H,15,16)/t8-,11?/m1/s1. The van der Waals surface area contributed by atoms with Gasteiger partial charge in [0.1, 0.15) is 6.04 Å². The summed E-state index contributed by atoms with van der Waals surface area (Å²) in [6.07, 6.45) is 0. The number of hydrogen-bond donors (Lipinski definition) is 2. The Morgan fingerprint density at radius 1 is 1.59 bits per heavy atom. The Balaban J connectivity index is 2.60. The molecule has 0 aromatic heterocycles. The van der Waals surface area contributed by atoms with Crippen LogP contribution in [-0.4, -0.2) is 25.7 Å². The number of halogens is 1. The van der Waals surface area contributed by atoms with E-state index in [-0.39, 0.29) is 18.6 Å². The maximum Gasteiger partial charge on any atom is 0.239 e. The first-order chi connectivity index (χ1) is 8.04. The van der Waals surface area contributed by atoms with Crippen LogP contribution < -0.4 is 11.1 Å². The first kappa shape index (κ1) is 14.2. The molecule has 0 aliphatic heterocycles. The third kappa shape index (κ3) is 4.46. The molecule has 17 heavy (non-hydrogen) atoms. The lowest BCUT2D eigenvalue weighted by atomic mass is 10.1. The first-order valence-electron chi connectivity index (χ1n) is 5.35. The summed E-state index contributed by atoms with van der Waals surface area (Å²) in [4.78, 5) is 11.7. The van der Waals surface area contributed by atoms with E-state index in [1.165, 1.54) is 7.11 Å². The Bertz CT molecular complexity index is 385. The molecule has 4 nitrogen and oxygen atoms in total. The predicted molar refractivity (Wildman–Crippen MR) is 70.6 cm³/mol. The molecule has 0 spiro atoms. The van der Waals surface area contributed by atoms with Crippen molar-refractivity contribution in [2.75, 3.05) is 13.7 Å². The maximum atomic E-state index is 11.7. The minimum atomic E-state index is -0.630. The van der Waals surface area contributed by atoms with E-state index in [2.05, 4.69) is 21.2 Å². The fraction of sp³-hybridized carbons (Fsp3) is 0.417. The van der Waals surface area contributed by atoms with Crippen molar-refractivity contribution in [3.63, 3.8) is 0 Å². The highest BCUT2D eigenvalue weighted by molar-refractivity contribution is 9.10. The number of amides is 1. The second kappa shape index (κ2) is 6.74. The molecule has 2 atom stereocenters. The third-order valence-electron chi connectivity index (χ3n) is 2.39. The number of nitrogens with one attached hydrogen (secondary N) is 1. The van der Waals surface area contributed by atoms with Gasteiger partial charge in [-0.25, -0.2) is 0 Å². The van der Waals surface area contributed by atoms with Crippen molar-refractivity contribution in [1.82, 2.24) is 5.32 Å². The van der Waals surface area contributed by atoms with Crippen LogP contribution >= 0.6 is 15.9 Å². The number of rotatable bonds is 5. The van der Waals surface area contributed by atoms with Crippen molar-refractivity contribution in [2.24, 2.45) is 5.73 Å². The zero-order chi connectivity index (χ0) is 12.8. The van der Waals surface area contributed by atoms with Crippen molar-refractivity contribution in [2.45, 2.75) is 19.0 Å². The monoisotopic (exact) mass is 300 g/mol. The lowest BCUT2D eigenvalue weighted by Gasteiger charge is -2.17. The number of carbonyl (C=O) groups is 1. The van der Waals surface area contributed by atoms with Crippen LogP contribution in [0, 0.1) is 0 Å². The first-order valence-corrected chi connectivity index (χ1v) is 6.14. The maximum absolute atomic E-state index is 11.7. The Morgan fingerprint density at radius 3 is 2.88 bits per heavy atom. The highest BCUT2D eigenvalue weighted by Crippen LogP contribution is 2.17. The molecule has 0 heterocycles. The number of methoxy groups -OCH3 is 1. The van der Waals surface area contributed by atoms with E-state index in [1.54, 1.807) is 0 Å². The van der Waals surface area contributed by atoms with Gasteiger partial charge in [-0.15, -0.1) is 0 Å². The van der Waals surface area contributed by atoms with E-state index in [0.29, 0.717) is 0 Å². The number of benzene rings is 1. The summed E-state index contributed by atoms with van der Waals surface area (Å²) in [6.45, 7) is 2.14. The zero-order valence-corrected chi connectivity index (χ0v) is 11.5. The van der Waals surface area contributed by atoms with Crippen LogP contribution in [0.3, 0.4) is 0 Å². The van der Waals surface area contributed by atoms with Gasteiger partial charge in [0.05, 0.1) is 12.6 Å². The fourth-order valence-corrected chi connectivity index (χ4v) is 1.85. The van der Waals surface area contributed by atoms with Crippen molar-refractivity contribution < 1.29 is 9.53 Å². The Morgan fingerprint density at radius 2 is 2.29 bits per heavy atom. The topological polar surface area (TPSA) is 64.3 Å². The normalized spacial score (nSPS) is 14.1. The van der Waals surface area contributed by atoms with E-state index in [4.69, 9.17) is 10.5 Å². The molecule has 5 heteroatoms. The summed E-state index contributed by atoms with van der Waals surface area (Å²) < 4.78 is 5.82. The molecular weight excluding hydrogens is 284 g/mol. The van der Waals surface area contributed by atoms with Crippen LogP contribution in [0.4, 0.5) is 0 Å². The minimum absolute atomic E-state index is 0.0806. The van der Waals surface area contributed by atoms with Gasteiger partial charge in [-0.2, -0.15) is 0 Å². The van der Waals surface area contributed by atoms with E-state index in [0.717, 1.165) is 10.0 Å². The van der Waals surface area contributed by atoms with Crippen LogP contribution in [0.25, 0.3) is 0 Å². The van der Waals surface area contributed by atoms with E-state index >= 15 is 0 Å². The van der Waals surface area contributed by atoms with E-state index < -0.39 is 6.04 Å². The Hall–Kier alpha value is -0.910. The van der Waals surface area contributed by atoms with Gasteiger partial charge < -0.3 is 15.8 Å². The molecular formula is C12H17BrN2O2. The molecule has 0 fully saturated rings. The molecule has 0 saturated heterocycles. The van der Waals surface area contributed by atoms with Gasteiger partial charge in [0.2, 0.25) is 5.91 Å². The summed E-state index contributed by atoms with van der Waals surface area (Å²) >= 11 is 3.39. The van der Waals surface area contributed by atoms with E-state index in [9.17, 15) is 4.79 Å². The van der Waals surface area contributed by atoms with Gasteiger partial charge in [-0.3, -0.25) is 4.79 Å².